The number of ketones is 1. The Bertz CT molecular complexity index is 1260. The third kappa shape index (κ3) is 4.54. The molecular weight excluding hydrogens is 572 g/mol. The zero-order valence-corrected chi connectivity index (χ0v) is 29.0. The molecule has 4 saturated carbocycles. The molecule has 1 heterocycles. The number of rotatable bonds is 3. The van der Waals surface area contributed by atoms with Gasteiger partial charge in [0.15, 0.2) is 12.1 Å². The Balaban J connectivity index is 1.32. The van der Waals surface area contributed by atoms with Crippen molar-refractivity contribution in [2.75, 3.05) is 7.11 Å². The number of allylic oxidation sites excluding steroid dienone is 2. The summed E-state index contributed by atoms with van der Waals surface area (Å²) in [5, 5.41) is 31.3. The fraction of sp³-hybridized carbons (Fsp3) is 0.892. The van der Waals surface area contributed by atoms with Gasteiger partial charge in [-0.15, -0.1) is 0 Å². The lowest BCUT2D eigenvalue weighted by atomic mass is 9.33. The Morgan fingerprint density at radius 1 is 0.889 bits per heavy atom. The summed E-state index contributed by atoms with van der Waals surface area (Å²) in [5.41, 5.74) is -0.0675. The van der Waals surface area contributed by atoms with Gasteiger partial charge in [0.1, 0.15) is 18.3 Å². The van der Waals surface area contributed by atoms with Crippen LogP contribution in [0.2, 0.25) is 0 Å². The molecule has 14 atom stereocenters. The highest BCUT2D eigenvalue weighted by Crippen LogP contribution is 2.75. The summed E-state index contributed by atoms with van der Waals surface area (Å²) in [6.45, 7) is 17.7. The fourth-order valence-corrected chi connectivity index (χ4v) is 12.1. The third-order valence-electron chi connectivity index (χ3n) is 15.3. The van der Waals surface area contributed by atoms with Crippen LogP contribution in [-0.4, -0.2) is 71.0 Å². The Morgan fingerprint density at radius 3 is 2.22 bits per heavy atom. The number of carbonyl (C=O) groups is 2. The molecule has 5 aliphatic carbocycles. The average molecular weight is 631 g/mol. The third-order valence-corrected chi connectivity index (χ3v) is 15.3. The van der Waals surface area contributed by atoms with Crippen LogP contribution >= 0.6 is 0 Å². The van der Waals surface area contributed by atoms with Crippen LogP contribution in [-0.2, 0) is 23.8 Å². The second-order valence-electron chi connectivity index (χ2n) is 17.9. The van der Waals surface area contributed by atoms with E-state index in [1.54, 1.807) is 6.92 Å². The largest absolute Gasteiger partial charge is 0.469 e. The Labute approximate surface area is 269 Å². The van der Waals surface area contributed by atoms with Crippen LogP contribution in [0.15, 0.2) is 11.6 Å². The summed E-state index contributed by atoms with van der Waals surface area (Å²) in [6.07, 6.45) is 4.41. The molecule has 0 aromatic rings. The molecular formula is C37H58O8. The zero-order valence-electron chi connectivity index (χ0n) is 29.0. The maximum absolute atomic E-state index is 14.7. The van der Waals surface area contributed by atoms with Crippen molar-refractivity contribution in [1.82, 2.24) is 0 Å². The number of aliphatic hydroxyl groups excluding tert-OH is 3. The molecule has 0 radical (unpaired) electrons. The van der Waals surface area contributed by atoms with Gasteiger partial charge in [0, 0.05) is 5.92 Å². The number of hydrogen-bond donors (Lipinski definition) is 3. The van der Waals surface area contributed by atoms with Crippen molar-refractivity contribution in [1.29, 1.82) is 0 Å². The molecule has 6 aliphatic rings. The molecule has 8 nitrogen and oxygen atoms in total. The van der Waals surface area contributed by atoms with Crippen LogP contribution in [0, 0.1) is 50.2 Å². The van der Waals surface area contributed by atoms with E-state index >= 15 is 0 Å². The van der Waals surface area contributed by atoms with E-state index in [-0.39, 0.29) is 62.7 Å². The van der Waals surface area contributed by atoms with E-state index in [0.29, 0.717) is 6.42 Å². The number of ether oxygens (including phenoxy) is 3. The summed E-state index contributed by atoms with van der Waals surface area (Å²) in [4.78, 5) is 27.6. The Hall–Kier alpha value is -1.32. The summed E-state index contributed by atoms with van der Waals surface area (Å²) in [6, 6.07) is 0. The lowest BCUT2D eigenvalue weighted by Gasteiger charge is -2.70. The van der Waals surface area contributed by atoms with E-state index in [2.05, 4.69) is 48.5 Å². The first-order valence-electron chi connectivity index (χ1n) is 17.5. The quantitative estimate of drug-likeness (QED) is 0.282. The molecule has 45 heavy (non-hydrogen) atoms. The normalized spacial score (nSPS) is 54.1. The molecule has 5 fully saturated rings. The highest BCUT2D eigenvalue weighted by molar-refractivity contribution is 5.95. The average Bonchev–Trinajstić information content (AvgIpc) is 2.97. The fourth-order valence-electron chi connectivity index (χ4n) is 12.1. The first kappa shape index (κ1) is 33.6. The van der Waals surface area contributed by atoms with E-state index in [0.717, 1.165) is 51.4 Å². The number of hydrogen-bond acceptors (Lipinski definition) is 8. The second kappa shape index (κ2) is 10.6. The topological polar surface area (TPSA) is 123 Å². The van der Waals surface area contributed by atoms with E-state index in [1.807, 2.05) is 6.08 Å². The summed E-state index contributed by atoms with van der Waals surface area (Å²) >= 11 is 0. The van der Waals surface area contributed by atoms with Gasteiger partial charge in [-0.2, -0.15) is 0 Å². The minimum absolute atomic E-state index is 0.0771. The van der Waals surface area contributed by atoms with Crippen LogP contribution in [0.4, 0.5) is 0 Å². The van der Waals surface area contributed by atoms with E-state index in [1.165, 1.54) is 12.7 Å². The molecule has 1 aliphatic heterocycles. The molecule has 0 unspecified atom stereocenters. The minimum Gasteiger partial charge on any atom is -0.469 e. The predicted molar refractivity (Wildman–Crippen MR) is 169 cm³/mol. The van der Waals surface area contributed by atoms with Crippen LogP contribution in [0.5, 0.6) is 0 Å². The molecule has 0 aromatic carbocycles. The Kier molecular flexibility index (Phi) is 7.90. The van der Waals surface area contributed by atoms with E-state index in [9.17, 15) is 24.9 Å². The first-order valence-corrected chi connectivity index (χ1v) is 17.5. The Morgan fingerprint density at radius 2 is 1.56 bits per heavy atom. The number of aliphatic hydroxyl groups is 3. The predicted octanol–water partition coefficient (Wildman–Crippen LogP) is 5.35. The van der Waals surface area contributed by atoms with Crippen LogP contribution in [0.25, 0.3) is 0 Å². The molecule has 6 rings (SSSR count). The maximum Gasteiger partial charge on any atom is 0.311 e. The molecule has 254 valence electrons. The van der Waals surface area contributed by atoms with Crippen molar-refractivity contribution in [2.45, 2.75) is 150 Å². The van der Waals surface area contributed by atoms with Gasteiger partial charge in [0.25, 0.3) is 0 Å². The molecule has 0 bridgehead atoms. The van der Waals surface area contributed by atoms with Gasteiger partial charge in [0.2, 0.25) is 0 Å². The zero-order chi connectivity index (χ0) is 33.1. The van der Waals surface area contributed by atoms with Gasteiger partial charge in [-0.05, 0) is 117 Å². The SMILES string of the molecule is COC(=O)[C@@]1(C)CC[C@]2(C)CC[C@]3(C)C(=CC(=O)[C@@H]4[C@@]5(C)CC[C@H](O[C@H]6O[C@@H](C)[C@H](O)[C@@H](O)[C@H]6O)C(C)(C)[C@@H]5CC[C@]43C)[C@@H]2C1. The summed E-state index contributed by atoms with van der Waals surface area (Å²) < 4.78 is 17.6. The van der Waals surface area contributed by atoms with Gasteiger partial charge >= 0.3 is 5.97 Å². The van der Waals surface area contributed by atoms with Crippen molar-refractivity contribution in [2.24, 2.45) is 50.2 Å². The maximum atomic E-state index is 14.7. The van der Waals surface area contributed by atoms with E-state index in [4.69, 9.17) is 14.2 Å². The molecule has 0 amide bonds. The van der Waals surface area contributed by atoms with Crippen LogP contribution in [0.3, 0.4) is 0 Å². The van der Waals surface area contributed by atoms with Gasteiger partial charge < -0.3 is 29.5 Å². The lowest BCUT2D eigenvalue weighted by Crippen LogP contribution is -2.67. The minimum atomic E-state index is -1.34. The summed E-state index contributed by atoms with van der Waals surface area (Å²) in [5.74, 6) is 0.388. The van der Waals surface area contributed by atoms with Gasteiger partial charge in [0.05, 0.1) is 24.7 Å². The molecule has 3 N–H and O–H groups in total. The van der Waals surface area contributed by atoms with Gasteiger partial charge in [-0.25, -0.2) is 0 Å². The van der Waals surface area contributed by atoms with Crippen molar-refractivity contribution in [3.63, 3.8) is 0 Å². The van der Waals surface area contributed by atoms with Gasteiger partial charge in [-0.1, -0.05) is 47.1 Å². The molecule has 0 spiro atoms. The number of fused-ring (bicyclic) bond motifs is 7. The van der Waals surface area contributed by atoms with Crippen molar-refractivity contribution >= 4 is 11.8 Å². The highest BCUT2D eigenvalue weighted by atomic mass is 16.7. The van der Waals surface area contributed by atoms with E-state index < -0.39 is 36.1 Å². The second-order valence-corrected chi connectivity index (χ2v) is 17.9. The lowest BCUT2D eigenvalue weighted by molar-refractivity contribution is -0.323. The smallest absolute Gasteiger partial charge is 0.311 e. The summed E-state index contributed by atoms with van der Waals surface area (Å²) in [7, 11) is 1.49. The van der Waals surface area contributed by atoms with Crippen LogP contribution in [0.1, 0.15) is 113 Å². The molecule has 8 heteroatoms. The molecule has 1 saturated heterocycles. The standard InChI is InChI=1S/C37H58O8/c1-20-26(39)27(40)28(41)30(44-20)45-25-11-12-35(6)24(32(25,2)3)10-13-37(8)29(35)23(38)18-21-22-19-34(5,31(42)43-9)15-14-33(22,4)16-17-36(21,37)7/h18,20,22,24-30,39-41H,10-17,19H2,1-9H3/t20-,22-,24-,25-,26-,27+,28+,29+,30+,33+,34-,35-,36+,37+/m0/s1. The monoisotopic (exact) mass is 630 g/mol. The number of methoxy groups -OCH3 is 1. The van der Waals surface area contributed by atoms with Gasteiger partial charge in [-0.3, -0.25) is 9.59 Å². The first-order chi connectivity index (χ1) is 20.8. The highest BCUT2D eigenvalue weighted by Gasteiger charge is 2.70. The van der Waals surface area contributed by atoms with Crippen molar-refractivity contribution < 1.29 is 39.1 Å². The van der Waals surface area contributed by atoms with Crippen molar-refractivity contribution in [3.05, 3.63) is 11.6 Å². The number of esters is 1. The molecule has 0 aromatic heterocycles. The number of carbonyl (C=O) groups excluding carboxylic acids is 2. The van der Waals surface area contributed by atoms with Crippen molar-refractivity contribution in [3.8, 4) is 0 Å². The van der Waals surface area contributed by atoms with Crippen LogP contribution < -0.4 is 0 Å².